The highest BCUT2D eigenvalue weighted by molar-refractivity contribution is 7.10. The van der Waals surface area contributed by atoms with Crippen molar-refractivity contribution < 1.29 is 14.2 Å². The number of methoxy groups -OCH3 is 3. The molecule has 0 aliphatic carbocycles. The third-order valence-electron chi connectivity index (χ3n) is 3.16. The Morgan fingerprint density at radius 1 is 1.00 bits per heavy atom. The third-order valence-corrected chi connectivity index (χ3v) is 4.13. The Kier molecular flexibility index (Phi) is 4.87. The molecule has 4 nitrogen and oxygen atoms in total. The average molecular weight is 293 g/mol. The van der Waals surface area contributed by atoms with Gasteiger partial charge in [0.25, 0.3) is 0 Å². The van der Waals surface area contributed by atoms with E-state index in [1.165, 1.54) is 4.88 Å². The molecular formula is C15H19NO3S. The van der Waals surface area contributed by atoms with Crippen LogP contribution in [-0.4, -0.2) is 28.4 Å². The lowest BCUT2D eigenvalue weighted by atomic mass is 10.0. The van der Waals surface area contributed by atoms with Crippen LogP contribution in [0.1, 0.15) is 16.5 Å². The Balaban J connectivity index is 2.40. The maximum atomic E-state index is 5.48. The first-order valence-corrected chi connectivity index (χ1v) is 7.13. The van der Waals surface area contributed by atoms with E-state index in [0.29, 0.717) is 0 Å². The molecule has 0 fully saturated rings. The Morgan fingerprint density at radius 3 is 2.30 bits per heavy atom. The number of ether oxygens (including phenoxy) is 3. The van der Waals surface area contributed by atoms with Crippen molar-refractivity contribution in [2.75, 3.05) is 28.4 Å². The maximum absolute atomic E-state index is 5.48. The van der Waals surface area contributed by atoms with Gasteiger partial charge < -0.3 is 19.5 Å². The van der Waals surface area contributed by atoms with Crippen LogP contribution in [0.2, 0.25) is 0 Å². The fourth-order valence-corrected chi connectivity index (χ4v) is 3.08. The molecule has 0 saturated carbocycles. The van der Waals surface area contributed by atoms with Crippen LogP contribution in [0.4, 0.5) is 0 Å². The topological polar surface area (TPSA) is 39.7 Å². The van der Waals surface area contributed by atoms with E-state index in [-0.39, 0.29) is 6.04 Å². The Bertz CT molecular complexity index is 568. The van der Waals surface area contributed by atoms with Gasteiger partial charge in [0, 0.05) is 21.9 Å². The summed E-state index contributed by atoms with van der Waals surface area (Å²) in [5.41, 5.74) is 1.07. The molecule has 0 amide bonds. The zero-order chi connectivity index (χ0) is 14.5. The van der Waals surface area contributed by atoms with E-state index in [4.69, 9.17) is 14.2 Å². The van der Waals surface area contributed by atoms with Crippen LogP contribution in [0.25, 0.3) is 0 Å². The largest absolute Gasteiger partial charge is 0.497 e. The molecule has 1 N–H and O–H groups in total. The highest BCUT2D eigenvalue weighted by Gasteiger charge is 2.19. The second-order valence-corrected chi connectivity index (χ2v) is 5.16. The van der Waals surface area contributed by atoms with E-state index in [0.717, 1.165) is 22.8 Å². The van der Waals surface area contributed by atoms with E-state index in [2.05, 4.69) is 5.32 Å². The molecule has 0 aliphatic heterocycles. The molecule has 1 aromatic heterocycles. The van der Waals surface area contributed by atoms with Crippen molar-refractivity contribution in [2.45, 2.75) is 6.04 Å². The van der Waals surface area contributed by atoms with Crippen LogP contribution in [0, 0.1) is 0 Å². The van der Waals surface area contributed by atoms with Crippen molar-refractivity contribution in [3.8, 4) is 17.2 Å². The lowest BCUT2D eigenvalue weighted by Gasteiger charge is -2.18. The van der Waals surface area contributed by atoms with Crippen molar-refractivity contribution in [1.82, 2.24) is 5.32 Å². The Morgan fingerprint density at radius 2 is 1.75 bits per heavy atom. The standard InChI is InChI=1S/C15H19NO3S/c1-16-15(14-8-11(18-3)9-20-14)12-6-5-10(17-2)7-13(12)19-4/h5-9,15-16H,1-4H3. The second kappa shape index (κ2) is 6.63. The van der Waals surface area contributed by atoms with E-state index in [9.17, 15) is 0 Å². The average Bonchev–Trinajstić information content (AvgIpc) is 2.97. The summed E-state index contributed by atoms with van der Waals surface area (Å²) < 4.78 is 16.0. The molecule has 0 radical (unpaired) electrons. The van der Waals surface area contributed by atoms with Crippen molar-refractivity contribution >= 4 is 11.3 Å². The first-order chi connectivity index (χ1) is 9.73. The highest BCUT2D eigenvalue weighted by atomic mass is 32.1. The zero-order valence-electron chi connectivity index (χ0n) is 12.1. The summed E-state index contributed by atoms with van der Waals surface area (Å²) in [5, 5.41) is 5.31. The molecule has 1 atom stereocenters. The summed E-state index contributed by atoms with van der Waals surface area (Å²) >= 11 is 1.66. The summed E-state index contributed by atoms with van der Waals surface area (Å²) in [5.74, 6) is 2.46. The van der Waals surface area contributed by atoms with E-state index < -0.39 is 0 Å². The maximum Gasteiger partial charge on any atom is 0.129 e. The Hall–Kier alpha value is -1.72. The minimum atomic E-state index is 0.0600. The molecule has 0 saturated heterocycles. The van der Waals surface area contributed by atoms with Gasteiger partial charge in [-0.3, -0.25) is 0 Å². The molecule has 5 heteroatoms. The normalized spacial score (nSPS) is 12.0. The molecule has 1 heterocycles. The number of thiophene rings is 1. The number of nitrogens with one attached hydrogen (secondary N) is 1. The van der Waals surface area contributed by atoms with Gasteiger partial charge in [-0.05, 0) is 25.2 Å². The van der Waals surface area contributed by atoms with Gasteiger partial charge in [0.1, 0.15) is 17.2 Å². The predicted octanol–water partition coefficient (Wildman–Crippen LogP) is 3.08. The van der Waals surface area contributed by atoms with Crippen LogP contribution in [-0.2, 0) is 0 Å². The molecule has 2 aromatic rings. The summed E-state index contributed by atoms with van der Waals surface area (Å²) in [6, 6.07) is 7.95. The summed E-state index contributed by atoms with van der Waals surface area (Å²) in [6.45, 7) is 0. The molecule has 20 heavy (non-hydrogen) atoms. The number of hydrogen-bond donors (Lipinski definition) is 1. The van der Waals surface area contributed by atoms with Gasteiger partial charge in [-0.2, -0.15) is 0 Å². The molecule has 0 aliphatic rings. The van der Waals surface area contributed by atoms with Gasteiger partial charge in [-0.15, -0.1) is 11.3 Å². The van der Waals surface area contributed by atoms with Crippen LogP contribution in [0.5, 0.6) is 17.2 Å². The number of hydrogen-bond acceptors (Lipinski definition) is 5. The fraction of sp³-hybridized carbons (Fsp3) is 0.333. The zero-order valence-corrected chi connectivity index (χ0v) is 12.9. The smallest absolute Gasteiger partial charge is 0.129 e. The second-order valence-electron chi connectivity index (χ2n) is 4.22. The van der Waals surface area contributed by atoms with E-state index in [1.807, 2.05) is 36.7 Å². The van der Waals surface area contributed by atoms with Crippen molar-refractivity contribution in [3.63, 3.8) is 0 Å². The molecule has 108 valence electrons. The van der Waals surface area contributed by atoms with Gasteiger partial charge in [-0.1, -0.05) is 0 Å². The lowest BCUT2D eigenvalue weighted by Crippen LogP contribution is -2.17. The lowest BCUT2D eigenvalue weighted by molar-refractivity contribution is 0.388. The molecule has 2 rings (SSSR count). The quantitative estimate of drug-likeness (QED) is 0.888. The van der Waals surface area contributed by atoms with Crippen LogP contribution in [0.3, 0.4) is 0 Å². The highest BCUT2D eigenvalue weighted by Crippen LogP contribution is 2.36. The van der Waals surface area contributed by atoms with E-state index >= 15 is 0 Å². The van der Waals surface area contributed by atoms with Crippen LogP contribution in [0.15, 0.2) is 29.6 Å². The summed E-state index contributed by atoms with van der Waals surface area (Å²) in [6.07, 6.45) is 0. The van der Waals surface area contributed by atoms with Gasteiger partial charge in [-0.25, -0.2) is 0 Å². The van der Waals surface area contributed by atoms with Gasteiger partial charge in [0.15, 0.2) is 0 Å². The SMILES string of the molecule is CNC(c1cc(OC)cs1)c1ccc(OC)cc1OC. The summed E-state index contributed by atoms with van der Waals surface area (Å²) in [4.78, 5) is 1.17. The molecule has 0 bridgehead atoms. The van der Waals surface area contributed by atoms with Gasteiger partial charge in [0.05, 0.1) is 27.4 Å². The van der Waals surface area contributed by atoms with Crippen molar-refractivity contribution in [1.29, 1.82) is 0 Å². The van der Waals surface area contributed by atoms with Crippen molar-refractivity contribution in [2.24, 2.45) is 0 Å². The monoisotopic (exact) mass is 293 g/mol. The van der Waals surface area contributed by atoms with Crippen LogP contribution < -0.4 is 19.5 Å². The first-order valence-electron chi connectivity index (χ1n) is 6.25. The minimum Gasteiger partial charge on any atom is -0.497 e. The third kappa shape index (κ3) is 2.89. The molecule has 0 spiro atoms. The fourth-order valence-electron chi connectivity index (χ4n) is 2.10. The minimum absolute atomic E-state index is 0.0600. The summed E-state index contributed by atoms with van der Waals surface area (Å²) in [7, 11) is 6.92. The first kappa shape index (κ1) is 14.7. The number of rotatable bonds is 6. The van der Waals surface area contributed by atoms with Crippen molar-refractivity contribution in [3.05, 3.63) is 40.1 Å². The molecular weight excluding hydrogens is 274 g/mol. The van der Waals surface area contributed by atoms with Gasteiger partial charge in [0.2, 0.25) is 0 Å². The molecule has 1 aromatic carbocycles. The van der Waals surface area contributed by atoms with Crippen LogP contribution >= 0.6 is 11.3 Å². The van der Waals surface area contributed by atoms with Gasteiger partial charge >= 0.3 is 0 Å². The number of benzene rings is 1. The molecule has 1 unspecified atom stereocenters. The predicted molar refractivity (Wildman–Crippen MR) is 81.3 cm³/mol. The Labute approximate surface area is 123 Å². The van der Waals surface area contributed by atoms with E-state index in [1.54, 1.807) is 32.7 Å².